The topological polar surface area (TPSA) is 80.0 Å². The first-order valence-corrected chi connectivity index (χ1v) is 10.6. The smallest absolute Gasteiger partial charge is 0.300 e. The molecule has 1 N–H and O–H groups in total. The molecule has 1 aromatic heterocycles. The minimum atomic E-state index is -1.30. The van der Waals surface area contributed by atoms with E-state index in [0.717, 1.165) is 28.7 Å². The Morgan fingerprint density at radius 2 is 1.88 bits per heavy atom. The molecule has 6 nitrogen and oxygen atoms in total. The summed E-state index contributed by atoms with van der Waals surface area (Å²) in [5.41, 5.74) is 0.983. The van der Waals surface area contributed by atoms with Crippen LogP contribution in [0.3, 0.4) is 0 Å². The fourth-order valence-electron chi connectivity index (χ4n) is 4.19. The number of nitrogens with zero attached hydrogens (tertiary/aromatic N) is 1. The Labute approximate surface area is 195 Å². The highest BCUT2D eigenvalue weighted by molar-refractivity contribution is 6.51. The van der Waals surface area contributed by atoms with Crippen molar-refractivity contribution in [2.45, 2.75) is 32.7 Å². The van der Waals surface area contributed by atoms with Crippen molar-refractivity contribution in [3.63, 3.8) is 0 Å². The molecule has 0 saturated carbocycles. The summed E-state index contributed by atoms with van der Waals surface area (Å²) in [6.45, 7) is 5.63. The number of ether oxygens (including phenoxy) is 1. The van der Waals surface area contributed by atoms with Gasteiger partial charge in [-0.3, -0.25) is 14.5 Å². The van der Waals surface area contributed by atoms with Crippen LogP contribution in [0.4, 0.5) is 14.5 Å². The van der Waals surface area contributed by atoms with Gasteiger partial charge in [0.05, 0.1) is 24.6 Å². The van der Waals surface area contributed by atoms with Crippen molar-refractivity contribution in [1.82, 2.24) is 0 Å². The second kappa shape index (κ2) is 8.78. The van der Waals surface area contributed by atoms with Crippen molar-refractivity contribution >= 4 is 23.1 Å². The molecule has 0 aliphatic carbocycles. The number of carbonyl (C=O) groups excluding carboxylic acids is 2. The third-order valence-electron chi connectivity index (χ3n) is 5.88. The number of carbonyl (C=O) groups is 2. The van der Waals surface area contributed by atoms with E-state index in [9.17, 15) is 23.5 Å². The quantitative estimate of drug-likeness (QED) is 0.299. The highest BCUT2D eigenvalue weighted by Gasteiger charge is 2.49. The SMILES string of the molecule is COc1cc(C)c(/C(O)=C2\C(=O)C(=O)N(c3cc(F)ccc3F)C2c2ccco2)cc1C(C)C. The number of hydrogen-bond donors (Lipinski definition) is 1. The van der Waals surface area contributed by atoms with Gasteiger partial charge in [-0.2, -0.15) is 0 Å². The molecule has 176 valence electrons. The number of anilines is 1. The lowest BCUT2D eigenvalue weighted by Gasteiger charge is -2.24. The van der Waals surface area contributed by atoms with Crippen LogP contribution in [0.15, 0.2) is 58.7 Å². The highest BCUT2D eigenvalue weighted by atomic mass is 19.1. The molecule has 0 bridgehead atoms. The second-order valence-electron chi connectivity index (χ2n) is 8.34. The normalized spacial score (nSPS) is 17.6. The van der Waals surface area contributed by atoms with Crippen LogP contribution in [0.5, 0.6) is 5.75 Å². The molecule has 34 heavy (non-hydrogen) atoms. The number of Topliss-reactive ketones (excluding diaryl/α,β-unsaturated/α-hetero) is 1. The summed E-state index contributed by atoms with van der Waals surface area (Å²) < 4.78 is 39.6. The van der Waals surface area contributed by atoms with E-state index in [1.165, 1.54) is 25.5 Å². The first kappa shape index (κ1) is 23.2. The fraction of sp³-hybridized carbons (Fsp3) is 0.231. The average molecular weight is 467 g/mol. The maximum Gasteiger partial charge on any atom is 0.300 e. The lowest BCUT2D eigenvalue weighted by Crippen LogP contribution is -2.30. The van der Waals surface area contributed by atoms with E-state index in [0.29, 0.717) is 16.9 Å². The molecule has 8 heteroatoms. The second-order valence-corrected chi connectivity index (χ2v) is 8.34. The maximum absolute atomic E-state index is 14.7. The first-order valence-electron chi connectivity index (χ1n) is 10.6. The molecule has 2 heterocycles. The summed E-state index contributed by atoms with van der Waals surface area (Å²) in [5.74, 6) is -3.51. The molecule has 1 saturated heterocycles. The molecule has 1 atom stereocenters. The molecular formula is C26H23F2NO5. The van der Waals surface area contributed by atoms with E-state index >= 15 is 0 Å². The predicted molar refractivity (Wildman–Crippen MR) is 122 cm³/mol. The first-order chi connectivity index (χ1) is 16.1. The predicted octanol–water partition coefficient (Wildman–Crippen LogP) is 5.62. The van der Waals surface area contributed by atoms with Gasteiger partial charge in [-0.1, -0.05) is 13.8 Å². The van der Waals surface area contributed by atoms with Gasteiger partial charge in [-0.05, 0) is 60.4 Å². The molecule has 4 rings (SSSR count). The monoisotopic (exact) mass is 467 g/mol. The van der Waals surface area contributed by atoms with E-state index in [4.69, 9.17) is 9.15 Å². The summed E-state index contributed by atoms with van der Waals surface area (Å²) in [4.78, 5) is 27.0. The van der Waals surface area contributed by atoms with Crippen molar-refractivity contribution in [2.75, 3.05) is 12.0 Å². The number of aliphatic hydroxyl groups is 1. The van der Waals surface area contributed by atoms with Crippen LogP contribution in [-0.2, 0) is 9.59 Å². The summed E-state index contributed by atoms with van der Waals surface area (Å²) in [6, 6.07) is 7.76. The summed E-state index contributed by atoms with van der Waals surface area (Å²) in [6.07, 6.45) is 1.33. The molecule has 1 aliphatic rings. The van der Waals surface area contributed by atoms with Crippen LogP contribution in [0.2, 0.25) is 0 Å². The molecule has 3 aromatic rings. The van der Waals surface area contributed by atoms with Crippen molar-refractivity contribution in [3.8, 4) is 5.75 Å². The minimum absolute atomic E-state index is 0.0340. The van der Waals surface area contributed by atoms with Gasteiger partial charge in [0.2, 0.25) is 0 Å². The van der Waals surface area contributed by atoms with Crippen LogP contribution in [0.25, 0.3) is 5.76 Å². The Morgan fingerprint density at radius 1 is 1.15 bits per heavy atom. The fourth-order valence-corrected chi connectivity index (χ4v) is 4.19. The van der Waals surface area contributed by atoms with Gasteiger partial charge < -0.3 is 14.3 Å². The summed E-state index contributed by atoms with van der Waals surface area (Å²) in [5, 5.41) is 11.3. The van der Waals surface area contributed by atoms with Crippen molar-refractivity contribution in [3.05, 3.63) is 88.4 Å². The number of furan rings is 1. The third-order valence-corrected chi connectivity index (χ3v) is 5.88. The number of methoxy groups -OCH3 is 1. The van der Waals surface area contributed by atoms with Gasteiger partial charge in [0.15, 0.2) is 0 Å². The number of ketones is 1. The Balaban J connectivity index is 1.98. The maximum atomic E-state index is 14.7. The van der Waals surface area contributed by atoms with Crippen LogP contribution >= 0.6 is 0 Å². The van der Waals surface area contributed by atoms with Crippen molar-refractivity contribution in [2.24, 2.45) is 0 Å². The van der Waals surface area contributed by atoms with E-state index in [-0.39, 0.29) is 17.3 Å². The average Bonchev–Trinajstić information content (AvgIpc) is 3.41. The number of rotatable bonds is 5. The van der Waals surface area contributed by atoms with E-state index in [1.54, 1.807) is 19.1 Å². The standard InChI is InChI=1S/C26H23F2NO5/c1-13(2)16-12-17(14(3)10-21(16)33-4)24(30)22-23(20-6-5-9-34-20)29(26(32)25(22)31)19-11-15(27)7-8-18(19)28/h5-13,23,30H,1-4H3/b24-22+. The Hall–Kier alpha value is -3.94. The number of hydrogen-bond acceptors (Lipinski definition) is 5. The molecule has 2 aromatic carbocycles. The number of halogens is 2. The van der Waals surface area contributed by atoms with Crippen molar-refractivity contribution in [1.29, 1.82) is 0 Å². The van der Waals surface area contributed by atoms with Crippen LogP contribution < -0.4 is 9.64 Å². The zero-order valence-corrected chi connectivity index (χ0v) is 19.1. The van der Waals surface area contributed by atoms with Gasteiger partial charge in [0.1, 0.15) is 34.9 Å². The van der Waals surface area contributed by atoms with Gasteiger partial charge in [-0.15, -0.1) is 0 Å². The summed E-state index contributed by atoms with van der Waals surface area (Å²) in [7, 11) is 1.54. The highest BCUT2D eigenvalue weighted by Crippen LogP contribution is 2.44. The largest absolute Gasteiger partial charge is 0.507 e. The molecule has 0 spiro atoms. The number of aliphatic hydroxyl groups excluding tert-OH is 1. The van der Waals surface area contributed by atoms with Gasteiger partial charge >= 0.3 is 0 Å². The molecular weight excluding hydrogens is 444 g/mol. The van der Waals surface area contributed by atoms with E-state index < -0.39 is 40.8 Å². The molecule has 0 radical (unpaired) electrons. The van der Waals surface area contributed by atoms with Crippen LogP contribution in [0, 0.1) is 18.6 Å². The van der Waals surface area contributed by atoms with E-state index in [2.05, 4.69) is 0 Å². The zero-order chi connectivity index (χ0) is 24.7. The molecule has 1 aliphatic heterocycles. The molecule has 1 amide bonds. The van der Waals surface area contributed by atoms with Gasteiger partial charge in [-0.25, -0.2) is 8.78 Å². The Morgan fingerprint density at radius 3 is 2.50 bits per heavy atom. The summed E-state index contributed by atoms with van der Waals surface area (Å²) >= 11 is 0. The minimum Gasteiger partial charge on any atom is -0.507 e. The van der Waals surface area contributed by atoms with Gasteiger partial charge in [0.25, 0.3) is 11.7 Å². The lowest BCUT2D eigenvalue weighted by molar-refractivity contribution is -0.132. The van der Waals surface area contributed by atoms with Crippen LogP contribution in [0.1, 0.15) is 48.3 Å². The zero-order valence-electron chi connectivity index (χ0n) is 19.1. The molecule has 1 fully saturated rings. The number of amides is 1. The van der Waals surface area contributed by atoms with Crippen LogP contribution in [-0.4, -0.2) is 23.9 Å². The Bertz CT molecular complexity index is 1310. The number of benzene rings is 2. The van der Waals surface area contributed by atoms with E-state index in [1.807, 2.05) is 13.8 Å². The lowest BCUT2D eigenvalue weighted by atomic mass is 9.92. The van der Waals surface area contributed by atoms with Gasteiger partial charge in [0, 0.05) is 11.6 Å². The third kappa shape index (κ3) is 3.75. The number of aryl methyl sites for hydroxylation is 1. The molecule has 1 unspecified atom stereocenters. The Kier molecular flexibility index (Phi) is 6.00. The van der Waals surface area contributed by atoms with Crippen molar-refractivity contribution < 1.29 is 32.6 Å².